The summed E-state index contributed by atoms with van der Waals surface area (Å²) in [7, 11) is 1.20. The van der Waals surface area contributed by atoms with Gasteiger partial charge >= 0.3 is 12.1 Å². The second kappa shape index (κ2) is 5.87. The van der Waals surface area contributed by atoms with E-state index in [-0.39, 0.29) is 17.9 Å². The van der Waals surface area contributed by atoms with Crippen LogP contribution in [0.15, 0.2) is 16.7 Å². The quantitative estimate of drug-likeness (QED) is 0.781. The Bertz CT molecular complexity index is 402. The molecule has 1 heterocycles. The molecule has 8 heteroatoms. The molecule has 0 aliphatic carbocycles. The van der Waals surface area contributed by atoms with E-state index in [2.05, 4.69) is 10.1 Å². The van der Waals surface area contributed by atoms with E-state index in [0.29, 0.717) is 0 Å². The van der Waals surface area contributed by atoms with E-state index in [1.54, 1.807) is 0 Å². The zero-order valence-corrected chi connectivity index (χ0v) is 9.45. The van der Waals surface area contributed by atoms with E-state index in [1.807, 2.05) is 0 Å². The topological polar surface area (TPSA) is 71.7 Å². The van der Waals surface area contributed by atoms with Crippen LogP contribution in [0.2, 0.25) is 0 Å². The number of alkyl halides is 3. The van der Waals surface area contributed by atoms with Crippen molar-refractivity contribution in [1.29, 1.82) is 0 Å². The summed E-state index contributed by atoms with van der Waals surface area (Å²) in [4.78, 5) is 11.0. The van der Waals surface area contributed by atoms with Crippen LogP contribution < -0.4 is 5.32 Å². The number of ether oxygens (including phenoxy) is 1. The maximum Gasteiger partial charge on any atom is 0.415 e. The molecule has 0 fully saturated rings. The molecule has 0 bridgehead atoms. The highest BCUT2D eigenvalue weighted by Crippen LogP contribution is 2.19. The molecule has 18 heavy (non-hydrogen) atoms. The van der Waals surface area contributed by atoms with Gasteiger partial charge in [-0.3, -0.25) is 0 Å². The summed E-state index contributed by atoms with van der Waals surface area (Å²) in [6, 6.07) is 1.35. The molecule has 1 rings (SSSR count). The van der Waals surface area contributed by atoms with E-state index >= 15 is 0 Å². The zero-order chi connectivity index (χ0) is 13.8. The smallest absolute Gasteiger partial charge is 0.415 e. The van der Waals surface area contributed by atoms with Crippen LogP contribution in [0.4, 0.5) is 13.2 Å². The third-order valence-electron chi connectivity index (χ3n) is 2.09. The Labute approximate surface area is 101 Å². The van der Waals surface area contributed by atoms with Crippen molar-refractivity contribution in [2.75, 3.05) is 13.7 Å². The Balaban J connectivity index is 2.41. The normalized spacial score (nSPS) is 13.4. The minimum atomic E-state index is -4.66. The molecule has 0 spiro atoms. The van der Waals surface area contributed by atoms with Crippen LogP contribution in [0.3, 0.4) is 0 Å². The first-order chi connectivity index (χ1) is 8.34. The Kier molecular flexibility index (Phi) is 4.74. The fourth-order valence-corrected chi connectivity index (χ4v) is 1.15. The summed E-state index contributed by atoms with van der Waals surface area (Å²) < 4.78 is 45.2. The number of furan rings is 1. The summed E-state index contributed by atoms with van der Waals surface area (Å²) in [5.41, 5.74) is 0.172. The fraction of sp³-hybridized carbons (Fsp3) is 0.500. The molecule has 0 saturated carbocycles. The van der Waals surface area contributed by atoms with Crippen molar-refractivity contribution in [1.82, 2.24) is 5.32 Å². The molecule has 0 radical (unpaired) electrons. The highest BCUT2D eigenvalue weighted by atomic mass is 19.4. The molecule has 0 aromatic carbocycles. The average Bonchev–Trinajstić information content (AvgIpc) is 2.75. The number of carbonyl (C=O) groups excluding carboxylic acids is 1. The molecule has 1 atom stereocenters. The lowest BCUT2D eigenvalue weighted by Crippen LogP contribution is -2.38. The lowest BCUT2D eigenvalue weighted by molar-refractivity contribution is -0.201. The number of aliphatic hydroxyl groups is 1. The molecular formula is C10H12F3NO4. The van der Waals surface area contributed by atoms with E-state index in [4.69, 9.17) is 9.52 Å². The Hall–Kier alpha value is -1.54. The first kappa shape index (κ1) is 14.5. The number of esters is 1. The van der Waals surface area contributed by atoms with Gasteiger partial charge in [0.25, 0.3) is 0 Å². The van der Waals surface area contributed by atoms with Gasteiger partial charge in [-0.15, -0.1) is 0 Å². The molecule has 102 valence electrons. The predicted octanol–water partition coefficient (Wildman–Crippen LogP) is 1.08. The van der Waals surface area contributed by atoms with Crippen LogP contribution in [0.25, 0.3) is 0 Å². The van der Waals surface area contributed by atoms with Crippen molar-refractivity contribution >= 4 is 5.97 Å². The van der Waals surface area contributed by atoms with Crippen LogP contribution in [0.1, 0.15) is 16.1 Å². The van der Waals surface area contributed by atoms with Gasteiger partial charge in [-0.25, -0.2) is 4.79 Å². The lowest BCUT2D eigenvalue weighted by Gasteiger charge is -2.14. The minimum Gasteiger partial charge on any atom is -0.467 e. The van der Waals surface area contributed by atoms with Gasteiger partial charge in [0.15, 0.2) is 6.10 Å². The monoisotopic (exact) mass is 267 g/mol. The Morgan fingerprint density at radius 3 is 2.83 bits per heavy atom. The van der Waals surface area contributed by atoms with Crippen LogP contribution in [0.5, 0.6) is 0 Å². The van der Waals surface area contributed by atoms with E-state index in [1.165, 1.54) is 13.2 Å². The number of rotatable bonds is 5. The number of hydrogen-bond donors (Lipinski definition) is 2. The molecule has 0 aliphatic heterocycles. The first-order valence-electron chi connectivity index (χ1n) is 4.96. The standard InChI is InChI=1S/C10H12F3NO4/c1-17-9(16)6-2-7(18-5-6)3-14-4-8(15)10(11,12)13/h2,5,8,14-15H,3-4H2,1H3. The predicted molar refractivity (Wildman–Crippen MR) is 53.8 cm³/mol. The number of aliphatic hydroxyl groups excluding tert-OH is 1. The summed E-state index contributed by atoms with van der Waals surface area (Å²) in [5, 5.41) is 11.1. The highest BCUT2D eigenvalue weighted by molar-refractivity contribution is 5.88. The van der Waals surface area contributed by atoms with Crippen molar-refractivity contribution in [2.45, 2.75) is 18.8 Å². The number of methoxy groups -OCH3 is 1. The largest absolute Gasteiger partial charge is 0.467 e. The van der Waals surface area contributed by atoms with Crippen LogP contribution in [-0.4, -0.2) is 37.0 Å². The fourth-order valence-electron chi connectivity index (χ4n) is 1.15. The molecular weight excluding hydrogens is 255 g/mol. The third kappa shape index (κ3) is 4.04. The van der Waals surface area contributed by atoms with Gasteiger partial charge in [-0.1, -0.05) is 0 Å². The van der Waals surface area contributed by atoms with Crippen molar-refractivity contribution in [2.24, 2.45) is 0 Å². The Morgan fingerprint density at radius 1 is 1.61 bits per heavy atom. The van der Waals surface area contributed by atoms with Crippen molar-refractivity contribution in [3.05, 3.63) is 23.7 Å². The van der Waals surface area contributed by atoms with Crippen LogP contribution >= 0.6 is 0 Å². The van der Waals surface area contributed by atoms with E-state index in [9.17, 15) is 18.0 Å². The molecule has 1 unspecified atom stereocenters. The molecule has 0 saturated heterocycles. The van der Waals surface area contributed by atoms with Gasteiger partial charge in [0.2, 0.25) is 0 Å². The second-order valence-electron chi connectivity index (χ2n) is 3.48. The SMILES string of the molecule is COC(=O)c1coc(CNCC(O)C(F)(F)F)c1. The number of carbonyl (C=O) groups is 1. The Morgan fingerprint density at radius 2 is 2.28 bits per heavy atom. The summed E-state index contributed by atoms with van der Waals surface area (Å²) in [6.45, 7) is -0.693. The van der Waals surface area contributed by atoms with E-state index < -0.39 is 24.8 Å². The first-order valence-corrected chi connectivity index (χ1v) is 4.96. The number of hydrogen-bond acceptors (Lipinski definition) is 5. The second-order valence-corrected chi connectivity index (χ2v) is 3.48. The van der Waals surface area contributed by atoms with Crippen molar-refractivity contribution < 1.29 is 32.2 Å². The number of halogens is 3. The van der Waals surface area contributed by atoms with Gasteiger partial charge in [0.1, 0.15) is 12.0 Å². The van der Waals surface area contributed by atoms with Crippen LogP contribution in [0, 0.1) is 0 Å². The van der Waals surface area contributed by atoms with Crippen LogP contribution in [-0.2, 0) is 11.3 Å². The average molecular weight is 267 g/mol. The third-order valence-corrected chi connectivity index (χ3v) is 2.09. The number of nitrogens with one attached hydrogen (secondary N) is 1. The maximum atomic E-state index is 12.0. The minimum absolute atomic E-state index is 0.0376. The van der Waals surface area contributed by atoms with Gasteiger partial charge in [0, 0.05) is 6.54 Å². The zero-order valence-electron chi connectivity index (χ0n) is 9.45. The lowest BCUT2D eigenvalue weighted by atomic mass is 10.3. The van der Waals surface area contributed by atoms with Gasteiger partial charge in [-0.05, 0) is 6.07 Å². The summed E-state index contributed by atoms with van der Waals surface area (Å²) in [5.74, 6) is -0.329. The van der Waals surface area contributed by atoms with Crippen molar-refractivity contribution in [3.63, 3.8) is 0 Å². The molecule has 2 N–H and O–H groups in total. The molecule has 5 nitrogen and oxygen atoms in total. The van der Waals surface area contributed by atoms with Crippen molar-refractivity contribution in [3.8, 4) is 0 Å². The molecule has 1 aromatic rings. The molecule has 0 aliphatic rings. The van der Waals surface area contributed by atoms with E-state index in [0.717, 1.165) is 6.26 Å². The van der Waals surface area contributed by atoms with Gasteiger partial charge in [-0.2, -0.15) is 13.2 Å². The summed E-state index contributed by atoms with van der Waals surface area (Å²) >= 11 is 0. The van der Waals surface area contributed by atoms with Gasteiger partial charge in [0.05, 0.1) is 19.2 Å². The molecule has 0 amide bonds. The summed E-state index contributed by atoms with van der Waals surface area (Å²) in [6.07, 6.45) is -5.95. The molecule has 1 aromatic heterocycles. The van der Waals surface area contributed by atoms with Gasteiger partial charge < -0.3 is 19.6 Å². The highest BCUT2D eigenvalue weighted by Gasteiger charge is 2.37. The maximum absolute atomic E-state index is 12.0.